The van der Waals surface area contributed by atoms with E-state index < -0.39 is 12.1 Å². The topological polar surface area (TPSA) is 43.4 Å². The summed E-state index contributed by atoms with van der Waals surface area (Å²) >= 11 is 0. The molecule has 0 aromatic heterocycles. The number of hydrogen-bond donors (Lipinski definition) is 0. The Balaban J connectivity index is 1.75. The summed E-state index contributed by atoms with van der Waals surface area (Å²) in [5, 5.41) is 0. The Hall–Kier alpha value is -3.20. The van der Waals surface area contributed by atoms with E-state index in [0.29, 0.717) is 17.5 Å². The van der Waals surface area contributed by atoms with Gasteiger partial charge in [-0.15, -0.1) is 0 Å². The third kappa shape index (κ3) is 4.55. The molecule has 28 heavy (non-hydrogen) atoms. The van der Waals surface area contributed by atoms with Gasteiger partial charge in [0.05, 0.1) is 5.56 Å². The van der Waals surface area contributed by atoms with E-state index in [4.69, 9.17) is 4.74 Å². The Morgan fingerprint density at radius 2 is 1.54 bits per heavy atom. The number of ketones is 1. The summed E-state index contributed by atoms with van der Waals surface area (Å²) in [4.78, 5) is 25.4. The fourth-order valence-corrected chi connectivity index (χ4v) is 3.10. The standard InChI is InChI=1S/C25H24O3/c1-17-13-14-22(15-18(17)2)24(26)19(3)28-25(27)23-12-8-7-11-21(23)16-20-9-5-4-6-10-20/h4-15,19H,16H2,1-3H3/t19-/m0/s1. The lowest BCUT2D eigenvalue weighted by molar-refractivity contribution is 0.0318. The molecule has 0 aliphatic heterocycles. The average molecular weight is 372 g/mol. The number of carbonyl (C=O) groups is 2. The van der Waals surface area contributed by atoms with Crippen molar-refractivity contribution >= 4 is 11.8 Å². The molecule has 0 spiro atoms. The molecule has 3 nitrogen and oxygen atoms in total. The molecular weight excluding hydrogens is 348 g/mol. The Bertz CT molecular complexity index is 990. The lowest BCUT2D eigenvalue weighted by Crippen LogP contribution is -2.25. The van der Waals surface area contributed by atoms with E-state index in [1.165, 1.54) is 0 Å². The Kier molecular flexibility index (Phi) is 6.05. The van der Waals surface area contributed by atoms with Crippen LogP contribution in [0.1, 0.15) is 49.9 Å². The summed E-state index contributed by atoms with van der Waals surface area (Å²) in [6.07, 6.45) is -0.217. The number of benzene rings is 3. The molecule has 0 N–H and O–H groups in total. The van der Waals surface area contributed by atoms with E-state index >= 15 is 0 Å². The number of ether oxygens (including phenoxy) is 1. The molecule has 1 atom stereocenters. The smallest absolute Gasteiger partial charge is 0.339 e. The SMILES string of the molecule is Cc1ccc(C(=O)[C@H](C)OC(=O)c2ccccc2Cc2ccccc2)cc1C. The first-order valence-electron chi connectivity index (χ1n) is 9.40. The van der Waals surface area contributed by atoms with Crippen LogP contribution in [0.25, 0.3) is 0 Å². The zero-order valence-electron chi connectivity index (χ0n) is 16.4. The molecule has 0 saturated heterocycles. The third-order valence-corrected chi connectivity index (χ3v) is 4.92. The van der Waals surface area contributed by atoms with E-state index in [2.05, 4.69) is 0 Å². The molecule has 0 unspecified atom stereocenters. The van der Waals surface area contributed by atoms with Crippen LogP contribution >= 0.6 is 0 Å². The molecule has 0 bridgehead atoms. The average Bonchev–Trinajstić information content (AvgIpc) is 2.70. The number of Topliss-reactive ketones (excluding diaryl/α,β-unsaturated/α-hetero) is 1. The van der Waals surface area contributed by atoms with Gasteiger partial charge in [-0.1, -0.05) is 60.7 Å². The molecule has 0 aliphatic rings. The Morgan fingerprint density at radius 3 is 2.25 bits per heavy atom. The first-order valence-corrected chi connectivity index (χ1v) is 9.40. The highest BCUT2D eigenvalue weighted by atomic mass is 16.5. The largest absolute Gasteiger partial charge is 0.451 e. The van der Waals surface area contributed by atoms with Crippen LogP contribution in [0.15, 0.2) is 72.8 Å². The maximum Gasteiger partial charge on any atom is 0.339 e. The molecule has 142 valence electrons. The van der Waals surface area contributed by atoms with Crippen molar-refractivity contribution in [2.24, 2.45) is 0 Å². The van der Waals surface area contributed by atoms with Crippen LogP contribution in [0.4, 0.5) is 0 Å². The summed E-state index contributed by atoms with van der Waals surface area (Å²) < 4.78 is 5.51. The van der Waals surface area contributed by atoms with Gasteiger partial charge >= 0.3 is 5.97 Å². The van der Waals surface area contributed by atoms with Crippen LogP contribution in [-0.2, 0) is 11.2 Å². The van der Waals surface area contributed by atoms with E-state index in [-0.39, 0.29) is 5.78 Å². The molecule has 3 heteroatoms. The second-order valence-electron chi connectivity index (χ2n) is 7.03. The minimum absolute atomic E-state index is 0.197. The molecule has 3 aromatic carbocycles. The highest BCUT2D eigenvalue weighted by Gasteiger charge is 2.22. The summed E-state index contributed by atoms with van der Waals surface area (Å²) in [7, 11) is 0. The number of carbonyl (C=O) groups excluding carboxylic acids is 2. The van der Waals surface area contributed by atoms with E-state index in [1.54, 1.807) is 25.1 Å². The van der Waals surface area contributed by atoms with Gasteiger partial charge in [0, 0.05) is 5.56 Å². The lowest BCUT2D eigenvalue weighted by atomic mass is 9.99. The van der Waals surface area contributed by atoms with Gasteiger partial charge in [-0.2, -0.15) is 0 Å². The maximum atomic E-state index is 12.7. The zero-order chi connectivity index (χ0) is 20.1. The molecule has 0 aliphatic carbocycles. The van der Waals surface area contributed by atoms with Gasteiger partial charge in [0.25, 0.3) is 0 Å². The highest BCUT2D eigenvalue weighted by molar-refractivity contribution is 6.01. The van der Waals surface area contributed by atoms with Crippen molar-refractivity contribution in [1.82, 2.24) is 0 Å². The first kappa shape index (κ1) is 19.6. The van der Waals surface area contributed by atoms with Crippen molar-refractivity contribution in [1.29, 1.82) is 0 Å². The van der Waals surface area contributed by atoms with Crippen LogP contribution in [0.3, 0.4) is 0 Å². The number of rotatable bonds is 6. The van der Waals surface area contributed by atoms with Gasteiger partial charge in [-0.25, -0.2) is 4.79 Å². The molecule has 0 amide bonds. The molecule has 3 aromatic rings. The fraction of sp³-hybridized carbons (Fsp3) is 0.200. The van der Waals surface area contributed by atoms with Gasteiger partial charge in [0.1, 0.15) is 0 Å². The second kappa shape index (κ2) is 8.66. The summed E-state index contributed by atoms with van der Waals surface area (Å²) in [6.45, 7) is 5.58. The molecule has 3 rings (SSSR count). The van der Waals surface area contributed by atoms with Crippen molar-refractivity contribution in [3.63, 3.8) is 0 Å². The van der Waals surface area contributed by atoms with Crippen molar-refractivity contribution in [2.45, 2.75) is 33.3 Å². The Labute approximate surface area is 166 Å². The summed E-state index contributed by atoms with van der Waals surface area (Å²) in [6, 6.07) is 22.8. The second-order valence-corrected chi connectivity index (χ2v) is 7.03. The van der Waals surface area contributed by atoms with E-state index in [0.717, 1.165) is 22.3 Å². The van der Waals surface area contributed by atoms with Gasteiger partial charge < -0.3 is 4.74 Å². The van der Waals surface area contributed by atoms with E-state index in [9.17, 15) is 9.59 Å². The van der Waals surface area contributed by atoms with Gasteiger partial charge in [0.2, 0.25) is 5.78 Å². The Morgan fingerprint density at radius 1 is 0.857 bits per heavy atom. The first-order chi connectivity index (χ1) is 13.5. The van der Waals surface area contributed by atoms with E-state index in [1.807, 2.05) is 68.4 Å². The van der Waals surface area contributed by atoms with Crippen molar-refractivity contribution in [2.75, 3.05) is 0 Å². The lowest BCUT2D eigenvalue weighted by Gasteiger charge is -2.15. The van der Waals surface area contributed by atoms with Gasteiger partial charge in [-0.3, -0.25) is 4.79 Å². The number of aryl methyl sites for hydroxylation is 2. The van der Waals surface area contributed by atoms with Crippen molar-refractivity contribution in [3.8, 4) is 0 Å². The maximum absolute atomic E-state index is 12.7. The predicted octanol–water partition coefficient (Wildman–Crippen LogP) is 5.32. The molecule has 0 saturated carbocycles. The number of hydrogen-bond acceptors (Lipinski definition) is 3. The van der Waals surface area contributed by atoms with Crippen molar-refractivity contribution in [3.05, 3.63) is 106 Å². The number of esters is 1. The zero-order valence-corrected chi connectivity index (χ0v) is 16.4. The van der Waals surface area contributed by atoms with Gasteiger partial charge in [0.15, 0.2) is 6.10 Å². The third-order valence-electron chi connectivity index (χ3n) is 4.92. The van der Waals surface area contributed by atoms with Crippen molar-refractivity contribution < 1.29 is 14.3 Å². The van der Waals surface area contributed by atoms with Crippen LogP contribution in [0, 0.1) is 13.8 Å². The highest BCUT2D eigenvalue weighted by Crippen LogP contribution is 2.18. The fourth-order valence-electron chi connectivity index (χ4n) is 3.10. The minimum Gasteiger partial charge on any atom is -0.451 e. The molecule has 0 heterocycles. The monoisotopic (exact) mass is 372 g/mol. The normalized spacial score (nSPS) is 11.7. The molecular formula is C25H24O3. The van der Waals surface area contributed by atoms with Crippen LogP contribution < -0.4 is 0 Å². The predicted molar refractivity (Wildman–Crippen MR) is 111 cm³/mol. The summed E-state index contributed by atoms with van der Waals surface area (Å²) in [5.74, 6) is -0.673. The molecule has 0 fully saturated rings. The van der Waals surface area contributed by atoms with Gasteiger partial charge in [-0.05, 0) is 61.6 Å². The van der Waals surface area contributed by atoms with Crippen LogP contribution in [0.5, 0.6) is 0 Å². The molecule has 0 radical (unpaired) electrons. The van der Waals surface area contributed by atoms with Crippen LogP contribution in [-0.4, -0.2) is 17.9 Å². The quantitative estimate of drug-likeness (QED) is 0.434. The van der Waals surface area contributed by atoms with Crippen LogP contribution in [0.2, 0.25) is 0 Å². The minimum atomic E-state index is -0.848. The summed E-state index contributed by atoms with van der Waals surface area (Å²) in [5.41, 5.74) is 5.20.